The van der Waals surface area contributed by atoms with Crippen molar-refractivity contribution in [3.63, 3.8) is 0 Å². The van der Waals surface area contributed by atoms with E-state index in [-0.39, 0.29) is 23.0 Å². The fraction of sp³-hybridized carbons (Fsp3) is 0.125. The van der Waals surface area contributed by atoms with E-state index < -0.39 is 11.5 Å². The molecule has 1 amide bonds. The summed E-state index contributed by atoms with van der Waals surface area (Å²) < 4.78 is 0. The maximum Gasteiger partial charge on any atom is 0.341 e. The Balaban J connectivity index is 2.08. The van der Waals surface area contributed by atoms with Gasteiger partial charge >= 0.3 is 5.97 Å². The molecule has 0 saturated carbocycles. The summed E-state index contributed by atoms with van der Waals surface area (Å²) in [6, 6.07) is 11.4. The summed E-state index contributed by atoms with van der Waals surface area (Å²) in [5.74, 6) is -1.04. The van der Waals surface area contributed by atoms with Crippen LogP contribution < -0.4 is 10.9 Å². The lowest BCUT2D eigenvalue weighted by Crippen LogP contribution is -2.17. The Labute approximate surface area is 141 Å². The van der Waals surface area contributed by atoms with Gasteiger partial charge in [-0.1, -0.05) is 12.1 Å². The van der Waals surface area contributed by atoms with Crippen LogP contribution in [0.1, 0.15) is 10.4 Å². The predicted octanol–water partition coefficient (Wildman–Crippen LogP) is 1.94. The number of rotatable bonds is 6. The number of carboxylic acid groups (broad SMARTS) is 1. The van der Waals surface area contributed by atoms with Crippen LogP contribution in [0.5, 0.6) is 0 Å². The molecule has 0 aliphatic rings. The van der Waals surface area contributed by atoms with Crippen LogP contribution in [0.15, 0.2) is 41.2 Å². The number of amides is 1. The lowest BCUT2D eigenvalue weighted by atomic mass is 10.1. The lowest BCUT2D eigenvalue weighted by Gasteiger charge is -2.06. The summed E-state index contributed by atoms with van der Waals surface area (Å²) in [5, 5.41) is 20.0. The Morgan fingerprint density at radius 3 is 2.50 bits per heavy atom. The minimum absolute atomic E-state index is 0.194. The van der Waals surface area contributed by atoms with Crippen LogP contribution in [0.2, 0.25) is 0 Å². The van der Waals surface area contributed by atoms with Gasteiger partial charge in [-0.15, -0.1) is 11.8 Å². The maximum absolute atomic E-state index is 11.7. The van der Waals surface area contributed by atoms with Crippen molar-refractivity contribution in [3.8, 4) is 17.3 Å². The molecule has 0 bridgehead atoms. The molecule has 122 valence electrons. The minimum atomic E-state index is -1.28. The van der Waals surface area contributed by atoms with E-state index in [9.17, 15) is 14.4 Å². The Morgan fingerprint density at radius 2 is 1.92 bits per heavy atom. The molecule has 0 aliphatic heterocycles. The van der Waals surface area contributed by atoms with Crippen LogP contribution in [0.4, 0.5) is 5.69 Å². The molecule has 24 heavy (non-hydrogen) atoms. The minimum Gasteiger partial charge on any atom is -0.477 e. The van der Waals surface area contributed by atoms with E-state index in [1.807, 2.05) is 6.07 Å². The summed E-state index contributed by atoms with van der Waals surface area (Å²) in [6.45, 7) is 0. The standard InChI is InChI=1S/C16H13N3O4S/c17-7-8-24-9-14(20)18-11-3-1-10(2-4-11)13-6-5-12(16(22)23)15(21)19-13/h1-6H,8-9H2,(H,18,20)(H,19,21)(H,22,23). The molecule has 7 nitrogen and oxygen atoms in total. The molecule has 1 aromatic carbocycles. The van der Waals surface area contributed by atoms with Crippen molar-refractivity contribution < 1.29 is 14.7 Å². The van der Waals surface area contributed by atoms with Crippen molar-refractivity contribution in [2.75, 3.05) is 16.8 Å². The van der Waals surface area contributed by atoms with Gasteiger partial charge in [-0.2, -0.15) is 5.26 Å². The van der Waals surface area contributed by atoms with Gasteiger partial charge in [0, 0.05) is 11.4 Å². The van der Waals surface area contributed by atoms with Crippen LogP contribution in [-0.2, 0) is 4.79 Å². The Bertz CT molecular complexity index is 853. The average Bonchev–Trinajstić information content (AvgIpc) is 2.55. The normalized spacial score (nSPS) is 9.96. The van der Waals surface area contributed by atoms with Crippen LogP contribution in [-0.4, -0.2) is 33.5 Å². The topological polar surface area (TPSA) is 123 Å². The second-order valence-corrected chi connectivity index (χ2v) is 5.68. The Kier molecular flexibility index (Phi) is 5.76. The van der Waals surface area contributed by atoms with Gasteiger partial charge < -0.3 is 15.4 Å². The summed E-state index contributed by atoms with van der Waals surface area (Å²) in [6.07, 6.45) is 0. The monoisotopic (exact) mass is 343 g/mol. The summed E-state index contributed by atoms with van der Waals surface area (Å²) in [5.41, 5.74) is 0.753. The number of nitrogens with one attached hydrogen (secondary N) is 2. The van der Waals surface area contributed by atoms with Gasteiger partial charge in [0.05, 0.1) is 17.6 Å². The SMILES string of the molecule is N#CCSCC(=O)Nc1ccc(-c2ccc(C(=O)O)c(=O)[nH]2)cc1. The van der Waals surface area contributed by atoms with Crippen LogP contribution in [0, 0.1) is 11.3 Å². The number of hydrogen-bond donors (Lipinski definition) is 3. The third-order valence-corrected chi connectivity index (χ3v) is 3.82. The highest BCUT2D eigenvalue weighted by molar-refractivity contribution is 8.00. The summed E-state index contributed by atoms with van der Waals surface area (Å²) >= 11 is 1.23. The molecule has 1 aromatic heterocycles. The first-order valence-corrected chi connectivity index (χ1v) is 7.98. The summed E-state index contributed by atoms with van der Waals surface area (Å²) in [4.78, 5) is 36.7. The Hall–Kier alpha value is -3.05. The molecule has 0 spiro atoms. The number of carboxylic acids is 1. The van der Waals surface area contributed by atoms with Gasteiger partial charge in [0.2, 0.25) is 5.91 Å². The molecule has 0 fully saturated rings. The number of carbonyl (C=O) groups excluding carboxylic acids is 1. The number of aromatic amines is 1. The van der Waals surface area contributed by atoms with Gasteiger partial charge in [0.1, 0.15) is 5.56 Å². The van der Waals surface area contributed by atoms with E-state index in [1.165, 1.54) is 23.9 Å². The first-order valence-electron chi connectivity index (χ1n) is 6.83. The smallest absolute Gasteiger partial charge is 0.341 e. The van der Waals surface area contributed by atoms with E-state index >= 15 is 0 Å². The van der Waals surface area contributed by atoms with Crippen molar-refractivity contribution in [2.45, 2.75) is 0 Å². The Morgan fingerprint density at radius 1 is 1.21 bits per heavy atom. The predicted molar refractivity (Wildman–Crippen MR) is 91.0 cm³/mol. The third kappa shape index (κ3) is 4.47. The zero-order valence-electron chi connectivity index (χ0n) is 12.4. The molecular formula is C16H13N3O4S. The molecular weight excluding hydrogens is 330 g/mol. The van der Waals surface area contributed by atoms with E-state index in [0.717, 1.165) is 0 Å². The summed E-state index contributed by atoms with van der Waals surface area (Å²) in [7, 11) is 0. The highest BCUT2D eigenvalue weighted by Crippen LogP contribution is 2.19. The number of aromatic nitrogens is 1. The van der Waals surface area contributed by atoms with Crippen molar-refractivity contribution in [2.24, 2.45) is 0 Å². The number of aromatic carboxylic acids is 1. The van der Waals surface area contributed by atoms with Crippen molar-refractivity contribution in [3.05, 3.63) is 52.3 Å². The van der Waals surface area contributed by atoms with Gasteiger partial charge in [0.25, 0.3) is 5.56 Å². The quantitative estimate of drug-likeness (QED) is 0.689. The molecule has 0 aliphatic carbocycles. The molecule has 2 aromatic rings. The van der Waals surface area contributed by atoms with E-state index in [0.29, 0.717) is 16.9 Å². The molecule has 3 N–H and O–H groups in total. The third-order valence-electron chi connectivity index (χ3n) is 3.02. The molecule has 8 heteroatoms. The highest BCUT2D eigenvalue weighted by atomic mass is 32.2. The largest absolute Gasteiger partial charge is 0.477 e. The number of nitrogens with zero attached hydrogens (tertiary/aromatic N) is 1. The number of nitriles is 1. The first kappa shape index (κ1) is 17.3. The van der Waals surface area contributed by atoms with Gasteiger partial charge in [-0.3, -0.25) is 9.59 Å². The number of thioether (sulfide) groups is 1. The van der Waals surface area contributed by atoms with E-state index in [2.05, 4.69) is 10.3 Å². The number of hydrogen-bond acceptors (Lipinski definition) is 5. The molecule has 0 saturated heterocycles. The van der Waals surface area contributed by atoms with Crippen LogP contribution in [0.25, 0.3) is 11.3 Å². The van der Waals surface area contributed by atoms with Gasteiger partial charge in [-0.05, 0) is 29.8 Å². The maximum atomic E-state index is 11.7. The van der Waals surface area contributed by atoms with E-state index in [1.54, 1.807) is 24.3 Å². The fourth-order valence-corrected chi connectivity index (χ4v) is 2.38. The molecule has 0 atom stereocenters. The number of carbonyl (C=O) groups is 2. The second-order valence-electron chi connectivity index (χ2n) is 4.70. The molecule has 0 radical (unpaired) electrons. The highest BCUT2D eigenvalue weighted by Gasteiger charge is 2.09. The molecule has 1 heterocycles. The molecule has 2 rings (SSSR count). The number of pyridine rings is 1. The van der Waals surface area contributed by atoms with Gasteiger partial charge in [-0.25, -0.2) is 4.79 Å². The van der Waals surface area contributed by atoms with Crippen molar-refractivity contribution in [1.82, 2.24) is 4.98 Å². The van der Waals surface area contributed by atoms with E-state index in [4.69, 9.17) is 10.4 Å². The fourth-order valence-electron chi connectivity index (χ4n) is 1.93. The first-order chi connectivity index (χ1) is 11.5. The van der Waals surface area contributed by atoms with Crippen LogP contribution in [0.3, 0.4) is 0 Å². The number of H-pyrrole nitrogens is 1. The van der Waals surface area contributed by atoms with Crippen molar-refractivity contribution in [1.29, 1.82) is 5.26 Å². The zero-order valence-corrected chi connectivity index (χ0v) is 13.2. The number of anilines is 1. The van der Waals surface area contributed by atoms with Gasteiger partial charge in [0.15, 0.2) is 0 Å². The van der Waals surface area contributed by atoms with Crippen LogP contribution >= 0.6 is 11.8 Å². The lowest BCUT2D eigenvalue weighted by molar-refractivity contribution is -0.113. The average molecular weight is 343 g/mol. The van der Waals surface area contributed by atoms with Crippen molar-refractivity contribution >= 4 is 29.3 Å². The molecule has 0 unspecified atom stereocenters. The number of benzene rings is 1. The zero-order chi connectivity index (χ0) is 17.5. The second kappa shape index (κ2) is 7.99.